The van der Waals surface area contributed by atoms with Gasteiger partial charge in [0.2, 0.25) is 0 Å². The van der Waals surface area contributed by atoms with E-state index in [1.807, 2.05) is 0 Å². The Kier molecular flexibility index (Phi) is 3.14. The van der Waals surface area contributed by atoms with Gasteiger partial charge in [0.1, 0.15) is 5.75 Å². The van der Waals surface area contributed by atoms with Gasteiger partial charge in [-0.2, -0.15) is 0 Å². The lowest BCUT2D eigenvalue weighted by molar-refractivity contribution is 0.186. The minimum absolute atomic E-state index is 0.113. The second-order valence-electron chi connectivity index (χ2n) is 5.84. The van der Waals surface area contributed by atoms with Crippen molar-refractivity contribution in [1.82, 2.24) is 5.32 Å². The lowest BCUT2D eigenvalue weighted by Crippen LogP contribution is -2.50. The highest BCUT2D eigenvalue weighted by Crippen LogP contribution is 2.47. The third-order valence-corrected chi connectivity index (χ3v) is 5.08. The molecule has 0 heterocycles. The molecule has 2 atom stereocenters. The minimum atomic E-state index is 0.113. The van der Waals surface area contributed by atoms with E-state index in [0.717, 1.165) is 12.2 Å². The lowest BCUT2D eigenvalue weighted by Gasteiger charge is -2.47. The molecule has 1 aromatic rings. The molecule has 0 fully saturated rings. The van der Waals surface area contributed by atoms with Gasteiger partial charge in [-0.05, 0) is 74.4 Å². The van der Waals surface area contributed by atoms with Crippen molar-refractivity contribution in [3.63, 3.8) is 0 Å². The van der Waals surface area contributed by atoms with Gasteiger partial charge in [0.25, 0.3) is 0 Å². The first kappa shape index (κ1) is 12.7. The van der Waals surface area contributed by atoms with Gasteiger partial charge in [-0.15, -0.1) is 0 Å². The highest BCUT2D eigenvalue weighted by Gasteiger charge is 2.43. The van der Waals surface area contributed by atoms with Gasteiger partial charge >= 0.3 is 0 Å². The number of nitrogens with one attached hydrogen (secondary N) is 1. The molecule has 1 N–H and O–H groups in total. The zero-order valence-electron chi connectivity index (χ0n) is 12.1. The van der Waals surface area contributed by atoms with Crippen molar-refractivity contribution in [2.75, 3.05) is 14.2 Å². The third-order valence-electron chi connectivity index (χ3n) is 5.08. The molecule has 0 aromatic heterocycles. The summed E-state index contributed by atoms with van der Waals surface area (Å²) in [5.41, 5.74) is 4.48. The fourth-order valence-corrected chi connectivity index (χ4v) is 3.98. The first-order valence-electron chi connectivity index (χ1n) is 7.23. The standard InChI is InChI=1S/C17H23NO/c1-12-10-14(19-3)11-16-15(12)8-7-13-6-4-5-9-17(13,16)18-2/h4-5,10-11,13,18H,6-9H2,1-3H3/t13-,17+/m1/s1. The van der Waals surface area contributed by atoms with Crippen molar-refractivity contribution in [3.8, 4) is 5.75 Å². The number of methoxy groups -OCH3 is 1. The van der Waals surface area contributed by atoms with Gasteiger partial charge < -0.3 is 10.1 Å². The van der Waals surface area contributed by atoms with Crippen LogP contribution in [0.15, 0.2) is 24.3 Å². The van der Waals surface area contributed by atoms with Crippen LogP contribution in [0.4, 0.5) is 0 Å². The number of hydrogen-bond donors (Lipinski definition) is 1. The molecule has 0 aliphatic heterocycles. The Bertz CT molecular complexity index is 520. The van der Waals surface area contributed by atoms with Crippen LogP contribution >= 0.6 is 0 Å². The van der Waals surface area contributed by atoms with Crippen molar-refractivity contribution in [2.24, 2.45) is 5.92 Å². The van der Waals surface area contributed by atoms with Gasteiger partial charge in [-0.3, -0.25) is 0 Å². The zero-order chi connectivity index (χ0) is 13.5. The largest absolute Gasteiger partial charge is 0.497 e. The molecule has 2 aliphatic carbocycles. The molecule has 0 bridgehead atoms. The fraction of sp³-hybridized carbons (Fsp3) is 0.529. The predicted molar refractivity (Wildman–Crippen MR) is 78.7 cm³/mol. The van der Waals surface area contributed by atoms with Crippen molar-refractivity contribution in [1.29, 1.82) is 0 Å². The number of hydrogen-bond acceptors (Lipinski definition) is 2. The average Bonchev–Trinajstić information content (AvgIpc) is 2.46. The van der Waals surface area contributed by atoms with Gasteiger partial charge in [0.15, 0.2) is 0 Å². The topological polar surface area (TPSA) is 21.3 Å². The Labute approximate surface area is 115 Å². The summed E-state index contributed by atoms with van der Waals surface area (Å²) in [6, 6.07) is 4.42. The van der Waals surface area contributed by atoms with Crippen LogP contribution in [-0.4, -0.2) is 14.2 Å². The molecule has 0 saturated heterocycles. The second-order valence-corrected chi connectivity index (χ2v) is 5.84. The van der Waals surface area contributed by atoms with Gasteiger partial charge in [0, 0.05) is 0 Å². The smallest absolute Gasteiger partial charge is 0.119 e. The van der Waals surface area contributed by atoms with E-state index in [0.29, 0.717) is 5.92 Å². The molecular weight excluding hydrogens is 234 g/mol. The van der Waals surface area contributed by atoms with Crippen molar-refractivity contribution >= 4 is 0 Å². The molecule has 0 spiro atoms. The maximum Gasteiger partial charge on any atom is 0.119 e. The van der Waals surface area contributed by atoms with E-state index in [1.54, 1.807) is 7.11 Å². The van der Waals surface area contributed by atoms with E-state index in [-0.39, 0.29) is 5.54 Å². The van der Waals surface area contributed by atoms with Gasteiger partial charge in [0.05, 0.1) is 12.6 Å². The average molecular weight is 257 g/mol. The quantitative estimate of drug-likeness (QED) is 0.821. The Morgan fingerprint density at radius 2 is 2.16 bits per heavy atom. The number of aryl methyl sites for hydroxylation is 1. The number of allylic oxidation sites excluding steroid dienone is 1. The molecule has 0 amide bonds. The van der Waals surface area contributed by atoms with E-state index in [2.05, 4.69) is 43.6 Å². The summed E-state index contributed by atoms with van der Waals surface area (Å²) in [6.07, 6.45) is 9.44. The summed E-state index contributed by atoms with van der Waals surface area (Å²) in [5.74, 6) is 1.70. The summed E-state index contributed by atoms with van der Waals surface area (Å²) >= 11 is 0. The molecule has 3 rings (SSSR count). The first-order chi connectivity index (χ1) is 9.21. The van der Waals surface area contributed by atoms with Crippen LogP contribution in [0.5, 0.6) is 5.75 Å². The minimum Gasteiger partial charge on any atom is -0.497 e. The molecule has 2 nitrogen and oxygen atoms in total. The van der Waals surface area contributed by atoms with E-state index in [1.165, 1.54) is 36.0 Å². The lowest BCUT2D eigenvalue weighted by atomic mass is 9.64. The van der Waals surface area contributed by atoms with Crippen molar-refractivity contribution in [2.45, 2.75) is 38.1 Å². The van der Waals surface area contributed by atoms with E-state index in [4.69, 9.17) is 4.74 Å². The van der Waals surface area contributed by atoms with Crippen LogP contribution in [0.3, 0.4) is 0 Å². The molecule has 1 aromatic carbocycles. The Hall–Kier alpha value is -1.28. The number of benzene rings is 1. The van der Waals surface area contributed by atoms with Crippen LogP contribution in [0.25, 0.3) is 0 Å². The molecule has 0 saturated carbocycles. The van der Waals surface area contributed by atoms with Crippen LogP contribution in [-0.2, 0) is 12.0 Å². The second kappa shape index (κ2) is 4.68. The number of ether oxygens (including phenoxy) is 1. The first-order valence-corrected chi connectivity index (χ1v) is 7.23. The van der Waals surface area contributed by atoms with E-state index >= 15 is 0 Å². The van der Waals surface area contributed by atoms with E-state index < -0.39 is 0 Å². The Morgan fingerprint density at radius 1 is 1.32 bits per heavy atom. The van der Waals surface area contributed by atoms with E-state index in [9.17, 15) is 0 Å². The molecule has 2 heteroatoms. The summed E-state index contributed by atoms with van der Waals surface area (Å²) in [4.78, 5) is 0. The van der Waals surface area contributed by atoms with Gasteiger partial charge in [-0.25, -0.2) is 0 Å². The van der Waals surface area contributed by atoms with Crippen molar-refractivity contribution in [3.05, 3.63) is 41.0 Å². The SMILES string of the molecule is CN[C@@]12CC=CC[C@@H]1CCc1c(C)cc(OC)cc12. The zero-order valence-corrected chi connectivity index (χ0v) is 12.1. The van der Waals surface area contributed by atoms with Crippen molar-refractivity contribution < 1.29 is 4.74 Å². The monoisotopic (exact) mass is 257 g/mol. The van der Waals surface area contributed by atoms with Crippen LogP contribution in [0, 0.1) is 12.8 Å². The summed E-state index contributed by atoms with van der Waals surface area (Å²) in [5, 5.41) is 3.65. The molecule has 2 aliphatic rings. The summed E-state index contributed by atoms with van der Waals surface area (Å²) in [7, 11) is 3.87. The summed E-state index contributed by atoms with van der Waals surface area (Å²) in [6.45, 7) is 2.21. The Balaban J connectivity index is 2.19. The maximum absolute atomic E-state index is 5.48. The molecular formula is C17H23NO. The molecule has 0 radical (unpaired) electrons. The van der Waals surface area contributed by atoms with Crippen LogP contribution in [0.1, 0.15) is 36.0 Å². The highest BCUT2D eigenvalue weighted by atomic mass is 16.5. The van der Waals surface area contributed by atoms with Gasteiger partial charge in [-0.1, -0.05) is 12.2 Å². The number of fused-ring (bicyclic) bond motifs is 3. The van der Waals surface area contributed by atoms with Crippen LogP contribution in [0.2, 0.25) is 0 Å². The maximum atomic E-state index is 5.48. The third kappa shape index (κ3) is 1.81. The number of rotatable bonds is 2. The summed E-state index contributed by atoms with van der Waals surface area (Å²) < 4.78 is 5.48. The molecule has 102 valence electrons. The predicted octanol–water partition coefficient (Wildman–Crippen LogP) is 3.33. The molecule has 19 heavy (non-hydrogen) atoms. The molecule has 0 unspecified atom stereocenters. The Morgan fingerprint density at radius 3 is 2.89 bits per heavy atom. The van der Waals surface area contributed by atoms with Crippen LogP contribution < -0.4 is 10.1 Å². The normalized spacial score (nSPS) is 28.7. The fourth-order valence-electron chi connectivity index (χ4n) is 3.98. The highest BCUT2D eigenvalue weighted by molar-refractivity contribution is 5.48.